The van der Waals surface area contributed by atoms with Crippen molar-refractivity contribution in [1.29, 1.82) is 0 Å². The summed E-state index contributed by atoms with van der Waals surface area (Å²) < 4.78 is 73.2. The Balaban J connectivity index is 1.02. The molecule has 320 valence electrons. The minimum absolute atomic E-state index is 0.113. The highest BCUT2D eigenvalue weighted by Gasteiger charge is 2.61. The molecule has 14 heteroatoms. The third-order valence-corrected chi connectivity index (χ3v) is 16.3. The molecule has 0 radical (unpaired) electrons. The summed E-state index contributed by atoms with van der Waals surface area (Å²) in [6.45, 7) is 10.3. The van der Waals surface area contributed by atoms with E-state index in [4.69, 9.17) is 16.9 Å². The molecule has 0 aromatic heterocycles. The largest absolute Gasteiger partial charge is 0.508 e. The van der Waals surface area contributed by atoms with E-state index in [-0.39, 0.29) is 41.0 Å². The van der Waals surface area contributed by atoms with Crippen LogP contribution in [-0.2, 0) is 50.6 Å². The standard InChI is InChI=1S/C43H66N2O10S2/c1-30(2)6-5-7-33(29-52-56(48,49)54-44-26-22-31-8-13-35(46)14-9-31)39-18-19-40-38-17-12-34-28-37(20-24-42(34,3)41(38)21-25-43(39,40)4)53-57(50,51)55-45-27-23-32-10-15-36(47)16-11-32/h8-11,13-16,30,33-34,37-41,44-47H,5-7,12,17-29H2,1-4H3/p+2/t33-,34-,37+,38-,39+,40-,41-,42-,43+/m0/s1. The summed E-state index contributed by atoms with van der Waals surface area (Å²) in [7, 11) is -8.35. The molecule has 57 heavy (non-hydrogen) atoms. The first kappa shape index (κ1) is 44.3. The molecule has 0 bridgehead atoms. The van der Waals surface area contributed by atoms with Gasteiger partial charge in [0.05, 0.1) is 12.7 Å². The van der Waals surface area contributed by atoms with Crippen LogP contribution in [0.4, 0.5) is 0 Å². The molecule has 9 atom stereocenters. The number of benzene rings is 2. The Hall–Kier alpha value is -2.30. The molecule has 0 unspecified atom stereocenters. The van der Waals surface area contributed by atoms with Crippen molar-refractivity contribution >= 4 is 20.8 Å². The molecule has 4 aliphatic rings. The van der Waals surface area contributed by atoms with Crippen LogP contribution in [-0.4, -0.2) is 52.8 Å². The van der Waals surface area contributed by atoms with Crippen LogP contribution in [0.2, 0.25) is 0 Å². The van der Waals surface area contributed by atoms with Crippen molar-refractivity contribution in [3.8, 4) is 11.5 Å². The summed E-state index contributed by atoms with van der Waals surface area (Å²) in [4.78, 5) is 0. The van der Waals surface area contributed by atoms with Gasteiger partial charge in [-0.15, -0.1) is 0 Å². The van der Waals surface area contributed by atoms with Gasteiger partial charge in [0.25, 0.3) is 0 Å². The summed E-state index contributed by atoms with van der Waals surface area (Å²) in [6, 6.07) is 13.7. The van der Waals surface area contributed by atoms with Crippen molar-refractivity contribution in [3.05, 3.63) is 59.7 Å². The Kier molecular flexibility index (Phi) is 14.7. The SMILES string of the molecule is CC(C)CCC[C@@H](COS(=O)(=O)O[NH2+]CCc1ccc(O)cc1)[C@H]1CC[C@H]2[C@@H]3CC[C@H]4C[C@H](OS(=O)(=O)O[NH2+]CCc5ccc(O)cc5)CC[C@]4(C)[C@H]3CC[C@]12C. The third-order valence-electron chi connectivity index (χ3n) is 14.6. The zero-order valence-electron chi connectivity index (χ0n) is 34.4. The topological polar surface area (TPSA) is 179 Å². The molecule has 0 heterocycles. The monoisotopic (exact) mass is 836 g/mol. The van der Waals surface area contributed by atoms with Crippen molar-refractivity contribution < 1.29 is 54.9 Å². The summed E-state index contributed by atoms with van der Waals surface area (Å²) in [5.74, 6) is 3.62. The van der Waals surface area contributed by atoms with E-state index in [0.29, 0.717) is 67.9 Å². The lowest BCUT2D eigenvalue weighted by molar-refractivity contribution is -0.859. The van der Waals surface area contributed by atoms with Crippen LogP contribution in [0.25, 0.3) is 0 Å². The van der Waals surface area contributed by atoms with Gasteiger partial charge in [-0.2, -0.15) is 27.8 Å². The Morgan fingerprint density at radius 2 is 1.30 bits per heavy atom. The van der Waals surface area contributed by atoms with E-state index in [2.05, 4.69) is 27.7 Å². The number of hydroxylamine groups is 2. The summed E-state index contributed by atoms with van der Waals surface area (Å²) >= 11 is 0. The normalized spacial score (nSPS) is 30.8. The number of phenolic OH excluding ortho intramolecular Hbond substituents is 2. The minimum atomic E-state index is -4.19. The van der Waals surface area contributed by atoms with Crippen LogP contribution in [0.5, 0.6) is 11.5 Å². The van der Waals surface area contributed by atoms with E-state index in [9.17, 15) is 27.0 Å². The van der Waals surface area contributed by atoms with Crippen molar-refractivity contribution in [1.82, 2.24) is 0 Å². The van der Waals surface area contributed by atoms with E-state index in [1.54, 1.807) is 48.5 Å². The molecule has 6 N–H and O–H groups in total. The van der Waals surface area contributed by atoms with Crippen molar-refractivity contribution in [2.45, 2.75) is 124 Å². The zero-order valence-corrected chi connectivity index (χ0v) is 36.0. The number of nitrogens with two attached hydrogens (primary N) is 2. The molecule has 0 saturated heterocycles. The molecule has 6 rings (SSSR count). The lowest BCUT2D eigenvalue weighted by Gasteiger charge is -2.61. The van der Waals surface area contributed by atoms with E-state index >= 15 is 0 Å². The minimum Gasteiger partial charge on any atom is -0.508 e. The third kappa shape index (κ3) is 11.3. The Morgan fingerprint density at radius 1 is 0.719 bits per heavy atom. The molecule has 0 amide bonds. The van der Waals surface area contributed by atoms with Crippen molar-refractivity contribution in [2.75, 3.05) is 19.7 Å². The lowest BCUT2D eigenvalue weighted by atomic mass is 9.44. The molecule has 12 nitrogen and oxygen atoms in total. The number of rotatable bonds is 20. The highest BCUT2D eigenvalue weighted by atomic mass is 32.3. The fourth-order valence-electron chi connectivity index (χ4n) is 11.7. The van der Waals surface area contributed by atoms with Crippen LogP contribution >= 0.6 is 0 Å². The number of hydrogen-bond donors (Lipinski definition) is 4. The number of aromatic hydroxyl groups is 2. The molecule has 4 fully saturated rings. The second-order valence-corrected chi connectivity index (χ2v) is 20.9. The highest BCUT2D eigenvalue weighted by molar-refractivity contribution is 7.81. The fraction of sp³-hybridized carbons (Fsp3) is 0.721. The number of quaternary nitrogens is 2. The maximum Gasteiger partial charge on any atom is 0.444 e. The van der Waals surface area contributed by atoms with Crippen LogP contribution < -0.4 is 11.0 Å². The highest BCUT2D eigenvalue weighted by Crippen LogP contribution is 2.68. The van der Waals surface area contributed by atoms with Crippen LogP contribution in [0.3, 0.4) is 0 Å². The Morgan fingerprint density at radius 3 is 1.91 bits per heavy atom. The van der Waals surface area contributed by atoms with Gasteiger partial charge in [-0.1, -0.05) is 73.4 Å². The second-order valence-electron chi connectivity index (χ2n) is 18.5. The number of fused-ring (bicyclic) bond motifs is 5. The molecule has 2 aromatic carbocycles. The average molecular weight is 837 g/mol. The van der Waals surface area contributed by atoms with Crippen molar-refractivity contribution in [2.24, 2.45) is 52.3 Å². The quantitative estimate of drug-likeness (QED) is 0.0932. The first-order valence-electron chi connectivity index (χ1n) is 21.4. The summed E-state index contributed by atoms with van der Waals surface area (Å²) in [5.41, 5.74) is 4.79. The molecular weight excluding hydrogens is 769 g/mol. The molecule has 2 aromatic rings. The van der Waals surface area contributed by atoms with E-state index in [0.717, 1.165) is 81.8 Å². The average Bonchev–Trinajstić information content (AvgIpc) is 3.51. The Labute approximate surface area is 341 Å². The predicted molar refractivity (Wildman–Crippen MR) is 215 cm³/mol. The summed E-state index contributed by atoms with van der Waals surface area (Å²) in [5, 5.41) is 19.0. The summed E-state index contributed by atoms with van der Waals surface area (Å²) in [6.07, 6.45) is 12.9. The molecule has 0 spiro atoms. The van der Waals surface area contributed by atoms with Gasteiger partial charge < -0.3 is 10.2 Å². The van der Waals surface area contributed by atoms with Gasteiger partial charge in [0.15, 0.2) is 0 Å². The number of hydrogen-bond acceptors (Lipinski definition) is 10. The van der Waals surface area contributed by atoms with Gasteiger partial charge in [0.2, 0.25) is 0 Å². The molecule has 0 aliphatic heterocycles. The van der Waals surface area contributed by atoms with Gasteiger partial charge >= 0.3 is 20.8 Å². The van der Waals surface area contributed by atoms with Gasteiger partial charge in [-0.25, -0.2) is 8.37 Å². The van der Waals surface area contributed by atoms with Gasteiger partial charge in [0, 0.05) is 12.8 Å². The van der Waals surface area contributed by atoms with E-state index < -0.39 is 20.8 Å². The van der Waals surface area contributed by atoms with E-state index in [1.807, 2.05) is 0 Å². The van der Waals surface area contributed by atoms with Crippen LogP contribution in [0, 0.1) is 52.3 Å². The second kappa shape index (κ2) is 19.0. The predicted octanol–water partition coefficient (Wildman–Crippen LogP) is 5.87. The maximum atomic E-state index is 13.0. The molecule has 4 saturated carbocycles. The van der Waals surface area contributed by atoms with Gasteiger partial charge in [0.1, 0.15) is 24.6 Å². The smallest absolute Gasteiger partial charge is 0.444 e. The first-order valence-corrected chi connectivity index (χ1v) is 24.1. The number of phenols is 2. The first-order chi connectivity index (χ1) is 27.1. The van der Waals surface area contributed by atoms with Gasteiger partial charge in [-0.05, 0) is 152 Å². The van der Waals surface area contributed by atoms with E-state index in [1.165, 1.54) is 11.0 Å². The lowest BCUT2D eigenvalue weighted by Crippen LogP contribution is -2.84. The van der Waals surface area contributed by atoms with Crippen molar-refractivity contribution in [3.63, 3.8) is 0 Å². The maximum absolute atomic E-state index is 13.0. The van der Waals surface area contributed by atoms with Crippen LogP contribution in [0.1, 0.15) is 116 Å². The van der Waals surface area contributed by atoms with Crippen LogP contribution in [0.15, 0.2) is 48.5 Å². The molecule has 4 aliphatic carbocycles. The zero-order chi connectivity index (χ0) is 40.8. The Bertz CT molecular complexity index is 1810. The fourth-order valence-corrected chi connectivity index (χ4v) is 13.2. The molecular formula is C43H68N2O10S2+2. The van der Waals surface area contributed by atoms with Gasteiger partial charge in [-0.3, -0.25) is 0 Å².